The summed E-state index contributed by atoms with van der Waals surface area (Å²) >= 11 is 0. The van der Waals surface area contributed by atoms with Crippen molar-refractivity contribution >= 4 is 43.6 Å². The van der Waals surface area contributed by atoms with Gasteiger partial charge in [-0.05, 0) is 168 Å². The van der Waals surface area contributed by atoms with Crippen LogP contribution in [0.3, 0.4) is 0 Å². The number of fused-ring (bicyclic) bond motifs is 6. The molecular formula is C78H52N2. The second-order valence-corrected chi connectivity index (χ2v) is 20.9. The number of nitrogens with zero attached hydrogens (tertiary/aromatic N) is 2. The van der Waals surface area contributed by atoms with Crippen molar-refractivity contribution < 1.29 is 0 Å². The van der Waals surface area contributed by atoms with Crippen molar-refractivity contribution in [2.45, 2.75) is 0 Å². The predicted molar refractivity (Wildman–Crippen MR) is 339 cm³/mol. The Bertz CT molecular complexity index is 4770. The summed E-state index contributed by atoms with van der Waals surface area (Å²) in [6, 6.07) is 115. The molecule has 0 saturated heterocycles. The maximum Gasteiger partial charge on any atom is 0.0541 e. The standard InChI is InChI=1S/C78H52N2/c1-3-15-53(16-4-1)57-39-43-69(44-40-57)79-75-29-9-7-27-71(75)73-51-67(41-45-77(73)79)68-42-46-78-74(52-68)72-28-8-10-30-76(72)80(78)70-26-14-25-66(50-70)59-37-33-56(34-38-59)55-31-35-58(36-32-55)61-20-12-22-63(48-61)65-24-13-23-64(49-65)62-21-11-19-60(47-62)54-17-5-2-6-18-54/h1-52H. The van der Waals surface area contributed by atoms with Crippen LogP contribution in [0.25, 0.3) is 144 Å². The monoisotopic (exact) mass is 1020 g/mol. The zero-order chi connectivity index (χ0) is 52.9. The molecule has 0 aliphatic carbocycles. The molecule has 0 aliphatic rings. The highest BCUT2D eigenvalue weighted by Crippen LogP contribution is 2.40. The lowest BCUT2D eigenvalue weighted by Gasteiger charge is -2.12. The van der Waals surface area contributed by atoms with Crippen molar-refractivity contribution in [3.63, 3.8) is 0 Å². The second-order valence-electron chi connectivity index (χ2n) is 20.9. The Morgan fingerprint density at radius 1 is 0.138 bits per heavy atom. The quantitative estimate of drug-likeness (QED) is 0.129. The summed E-state index contributed by atoms with van der Waals surface area (Å²) in [5, 5.41) is 4.96. The largest absolute Gasteiger partial charge is 0.309 e. The van der Waals surface area contributed by atoms with Crippen LogP contribution in [0, 0.1) is 0 Å². The maximum atomic E-state index is 2.42. The van der Waals surface area contributed by atoms with Crippen LogP contribution in [0.2, 0.25) is 0 Å². The third-order valence-electron chi connectivity index (χ3n) is 16.1. The van der Waals surface area contributed by atoms with Crippen LogP contribution >= 0.6 is 0 Å². The van der Waals surface area contributed by atoms with Gasteiger partial charge in [-0.3, -0.25) is 0 Å². The van der Waals surface area contributed by atoms with Gasteiger partial charge in [0.05, 0.1) is 22.1 Å². The normalized spacial score (nSPS) is 11.5. The molecule has 0 aliphatic heterocycles. The average molecular weight is 1020 g/mol. The molecule has 15 aromatic rings. The fraction of sp³-hybridized carbons (Fsp3) is 0. The van der Waals surface area contributed by atoms with E-state index in [9.17, 15) is 0 Å². The van der Waals surface area contributed by atoms with Gasteiger partial charge in [-0.2, -0.15) is 0 Å². The van der Waals surface area contributed by atoms with Gasteiger partial charge in [-0.25, -0.2) is 0 Å². The van der Waals surface area contributed by atoms with Gasteiger partial charge >= 0.3 is 0 Å². The van der Waals surface area contributed by atoms with Gasteiger partial charge in [0.2, 0.25) is 0 Å². The summed E-state index contributed by atoms with van der Waals surface area (Å²) in [4.78, 5) is 0. The Labute approximate surface area is 466 Å². The number of rotatable bonds is 10. The summed E-state index contributed by atoms with van der Waals surface area (Å²) in [5.41, 5.74) is 26.3. The lowest BCUT2D eigenvalue weighted by atomic mass is 9.94. The minimum absolute atomic E-state index is 1.14. The number of para-hydroxylation sites is 2. The summed E-state index contributed by atoms with van der Waals surface area (Å²) in [5.74, 6) is 0. The van der Waals surface area contributed by atoms with Gasteiger partial charge in [-0.1, -0.05) is 237 Å². The fourth-order valence-electron chi connectivity index (χ4n) is 12.1. The molecule has 0 N–H and O–H groups in total. The molecule has 2 nitrogen and oxygen atoms in total. The predicted octanol–water partition coefficient (Wildman–Crippen LogP) is 21.2. The zero-order valence-electron chi connectivity index (χ0n) is 43.9. The minimum Gasteiger partial charge on any atom is -0.309 e. The minimum atomic E-state index is 1.14. The van der Waals surface area contributed by atoms with Crippen molar-refractivity contribution in [1.29, 1.82) is 0 Å². The van der Waals surface area contributed by atoms with Crippen LogP contribution < -0.4 is 0 Å². The Morgan fingerprint density at radius 2 is 0.400 bits per heavy atom. The van der Waals surface area contributed by atoms with Crippen molar-refractivity contribution in [2.75, 3.05) is 0 Å². The van der Waals surface area contributed by atoms with E-state index in [2.05, 4.69) is 325 Å². The molecule has 15 rings (SSSR count). The van der Waals surface area contributed by atoms with Gasteiger partial charge in [0.25, 0.3) is 0 Å². The summed E-state index contributed by atoms with van der Waals surface area (Å²) in [7, 11) is 0. The van der Waals surface area contributed by atoms with Crippen molar-refractivity contribution in [3.05, 3.63) is 315 Å². The fourth-order valence-corrected chi connectivity index (χ4v) is 12.1. The van der Waals surface area contributed by atoms with E-state index in [4.69, 9.17) is 0 Å². The first-order chi connectivity index (χ1) is 39.6. The first-order valence-electron chi connectivity index (χ1n) is 27.5. The molecule has 0 unspecified atom stereocenters. The number of aromatic nitrogens is 2. The molecule has 374 valence electrons. The van der Waals surface area contributed by atoms with Gasteiger partial charge in [0.1, 0.15) is 0 Å². The molecule has 0 atom stereocenters. The Morgan fingerprint density at radius 3 is 0.838 bits per heavy atom. The molecule has 0 fully saturated rings. The SMILES string of the molecule is c1ccc(-c2ccc(-n3c4ccccc4c4cc(-c5ccc6c(c5)c5ccccc5n6-c5cccc(-c6ccc(-c7ccc(-c8cccc(-c9cccc(-c%10cccc(-c%11ccccc%11)c%10)c9)c8)cc7)cc6)c5)ccc43)cc2)cc1. The average Bonchev–Trinajstić information content (AvgIpc) is 4.26. The lowest BCUT2D eigenvalue weighted by molar-refractivity contribution is 1.18. The number of hydrogen-bond acceptors (Lipinski definition) is 0. The number of benzene rings is 13. The highest BCUT2D eigenvalue weighted by Gasteiger charge is 2.17. The van der Waals surface area contributed by atoms with E-state index in [-0.39, 0.29) is 0 Å². The van der Waals surface area contributed by atoms with Crippen LogP contribution in [0.15, 0.2) is 315 Å². The third-order valence-corrected chi connectivity index (χ3v) is 16.1. The molecule has 0 amide bonds. The summed E-state index contributed by atoms with van der Waals surface area (Å²) in [6.07, 6.45) is 0. The molecule has 2 heteroatoms. The summed E-state index contributed by atoms with van der Waals surface area (Å²) in [6.45, 7) is 0. The van der Waals surface area contributed by atoms with Crippen LogP contribution in [-0.2, 0) is 0 Å². The second kappa shape index (κ2) is 19.8. The highest BCUT2D eigenvalue weighted by molar-refractivity contribution is 6.13. The maximum absolute atomic E-state index is 2.42. The van der Waals surface area contributed by atoms with E-state index in [1.54, 1.807) is 0 Å². The molecule has 0 radical (unpaired) electrons. The molecule has 13 aromatic carbocycles. The lowest BCUT2D eigenvalue weighted by Crippen LogP contribution is -1.94. The molecule has 2 aromatic heterocycles. The zero-order valence-corrected chi connectivity index (χ0v) is 43.9. The van der Waals surface area contributed by atoms with E-state index < -0.39 is 0 Å². The first-order valence-corrected chi connectivity index (χ1v) is 27.5. The van der Waals surface area contributed by atoms with Gasteiger partial charge in [0, 0.05) is 32.9 Å². The first kappa shape index (κ1) is 46.7. The topological polar surface area (TPSA) is 9.86 Å². The van der Waals surface area contributed by atoms with E-state index in [0.717, 1.165) is 11.4 Å². The highest BCUT2D eigenvalue weighted by atomic mass is 15.0. The third kappa shape index (κ3) is 8.48. The smallest absolute Gasteiger partial charge is 0.0541 e. The molecular weight excluding hydrogens is 965 g/mol. The van der Waals surface area contributed by atoms with Crippen LogP contribution in [0.4, 0.5) is 0 Å². The Hall–Kier alpha value is -10.5. The van der Waals surface area contributed by atoms with Crippen molar-refractivity contribution in [1.82, 2.24) is 9.13 Å². The molecule has 0 spiro atoms. The molecule has 0 saturated carbocycles. The van der Waals surface area contributed by atoms with E-state index in [0.29, 0.717) is 0 Å². The van der Waals surface area contributed by atoms with Crippen molar-refractivity contribution in [2.24, 2.45) is 0 Å². The van der Waals surface area contributed by atoms with Gasteiger partial charge in [-0.15, -0.1) is 0 Å². The van der Waals surface area contributed by atoms with Crippen LogP contribution in [0.5, 0.6) is 0 Å². The van der Waals surface area contributed by atoms with Gasteiger partial charge < -0.3 is 9.13 Å². The van der Waals surface area contributed by atoms with E-state index in [1.807, 2.05) is 0 Å². The molecule has 0 bridgehead atoms. The Kier molecular flexibility index (Phi) is 11.6. The van der Waals surface area contributed by atoms with Crippen LogP contribution in [-0.4, -0.2) is 9.13 Å². The van der Waals surface area contributed by atoms with Crippen LogP contribution in [0.1, 0.15) is 0 Å². The van der Waals surface area contributed by atoms with Crippen molar-refractivity contribution in [3.8, 4) is 100 Å². The summed E-state index contributed by atoms with van der Waals surface area (Å²) < 4.78 is 4.82. The number of hydrogen-bond donors (Lipinski definition) is 0. The van der Waals surface area contributed by atoms with E-state index >= 15 is 0 Å². The van der Waals surface area contributed by atoms with Gasteiger partial charge in [0.15, 0.2) is 0 Å². The van der Waals surface area contributed by atoms with E-state index in [1.165, 1.54) is 133 Å². The Balaban J connectivity index is 0.689. The molecule has 80 heavy (non-hydrogen) atoms. The molecule has 2 heterocycles.